The second kappa shape index (κ2) is 5.04. The van der Waals surface area contributed by atoms with Crippen molar-refractivity contribution in [2.24, 2.45) is 17.8 Å². The summed E-state index contributed by atoms with van der Waals surface area (Å²) in [6, 6.07) is 0. The molecule has 0 bridgehead atoms. The van der Waals surface area contributed by atoms with E-state index in [0.717, 1.165) is 25.9 Å². The van der Waals surface area contributed by atoms with E-state index in [1.807, 2.05) is 4.90 Å². The molecule has 5 nitrogen and oxygen atoms in total. The van der Waals surface area contributed by atoms with Crippen molar-refractivity contribution in [3.05, 3.63) is 0 Å². The van der Waals surface area contributed by atoms with Crippen LogP contribution in [0.4, 0.5) is 0 Å². The predicted octanol–water partition coefficient (Wildman–Crippen LogP) is 0.592. The highest BCUT2D eigenvalue weighted by Gasteiger charge is 2.44. The van der Waals surface area contributed by atoms with Gasteiger partial charge in [-0.25, -0.2) is 0 Å². The third kappa shape index (κ3) is 2.44. The van der Waals surface area contributed by atoms with E-state index in [4.69, 9.17) is 9.84 Å². The maximum absolute atomic E-state index is 12.1. The molecule has 1 aliphatic heterocycles. The monoisotopic (exact) mass is 241 g/mol. The largest absolute Gasteiger partial charge is 0.481 e. The number of carbonyl (C=O) groups excluding carboxylic acids is 1. The van der Waals surface area contributed by atoms with Crippen LogP contribution in [0.15, 0.2) is 0 Å². The van der Waals surface area contributed by atoms with Crippen molar-refractivity contribution in [1.82, 2.24) is 4.90 Å². The van der Waals surface area contributed by atoms with Crippen molar-refractivity contribution in [2.75, 3.05) is 26.8 Å². The minimum absolute atomic E-state index is 0.0299. The van der Waals surface area contributed by atoms with E-state index in [1.54, 1.807) is 7.11 Å². The van der Waals surface area contributed by atoms with Gasteiger partial charge in [-0.05, 0) is 19.3 Å². The second-order valence-electron chi connectivity index (χ2n) is 5.02. The Balaban J connectivity index is 1.87. The standard InChI is InChI=1S/C12H19NO4/c1-17-7-8-4-5-13(6-8)11(14)9-2-3-10(9)12(15)16/h8-10H,2-7H2,1H3,(H,15,16). The van der Waals surface area contributed by atoms with Gasteiger partial charge in [-0.2, -0.15) is 0 Å². The normalized spacial score (nSPS) is 32.3. The molecule has 1 saturated heterocycles. The molecule has 0 aromatic carbocycles. The van der Waals surface area contributed by atoms with Gasteiger partial charge < -0.3 is 14.7 Å². The van der Waals surface area contributed by atoms with Crippen molar-refractivity contribution in [1.29, 1.82) is 0 Å². The third-order valence-corrected chi connectivity index (χ3v) is 3.91. The highest BCUT2D eigenvalue weighted by molar-refractivity contribution is 5.86. The number of amides is 1. The summed E-state index contributed by atoms with van der Waals surface area (Å²) in [5.74, 6) is -1.13. The lowest BCUT2D eigenvalue weighted by Gasteiger charge is -2.35. The number of aliphatic carboxylic acids is 1. The molecular weight excluding hydrogens is 222 g/mol. The molecule has 1 amide bonds. The Hall–Kier alpha value is -1.10. The average molecular weight is 241 g/mol. The van der Waals surface area contributed by atoms with E-state index in [2.05, 4.69) is 0 Å². The van der Waals surface area contributed by atoms with Gasteiger partial charge in [0.1, 0.15) is 0 Å². The molecule has 96 valence electrons. The number of hydrogen-bond donors (Lipinski definition) is 1. The summed E-state index contributed by atoms with van der Waals surface area (Å²) >= 11 is 0. The van der Waals surface area contributed by atoms with Crippen LogP contribution in [-0.2, 0) is 14.3 Å². The van der Waals surface area contributed by atoms with E-state index >= 15 is 0 Å². The first kappa shape index (κ1) is 12.4. The fourth-order valence-electron chi connectivity index (χ4n) is 2.73. The van der Waals surface area contributed by atoms with Crippen molar-refractivity contribution < 1.29 is 19.4 Å². The summed E-state index contributed by atoms with van der Waals surface area (Å²) in [4.78, 5) is 24.8. The van der Waals surface area contributed by atoms with Crippen LogP contribution in [0, 0.1) is 17.8 Å². The SMILES string of the molecule is COCC1CCN(C(=O)C2CCC2C(=O)O)C1. The molecule has 1 aliphatic carbocycles. The Morgan fingerprint density at radius 3 is 2.53 bits per heavy atom. The van der Waals surface area contributed by atoms with Crippen molar-refractivity contribution in [2.45, 2.75) is 19.3 Å². The lowest BCUT2D eigenvalue weighted by atomic mass is 9.73. The van der Waals surface area contributed by atoms with Crippen LogP contribution in [0.25, 0.3) is 0 Å². The summed E-state index contributed by atoms with van der Waals surface area (Å²) in [5, 5.41) is 8.94. The first-order valence-electron chi connectivity index (χ1n) is 6.14. The highest BCUT2D eigenvalue weighted by atomic mass is 16.5. The fraction of sp³-hybridized carbons (Fsp3) is 0.833. The van der Waals surface area contributed by atoms with Crippen LogP contribution < -0.4 is 0 Å². The fourth-order valence-corrected chi connectivity index (χ4v) is 2.73. The predicted molar refractivity (Wildman–Crippen MR) is 60.4 cm³/mol. The van der Waals surface area contributed by atoms with Gasteiger partial charge in [0, 0.05) is 26.1 Å². The minimum atomic E-state index is -0.831. The lowest BCUT2D eigenvalue weighted by Crippen LogP contribution is -2.45. The van der Waals surface area contributed by atoms with Crippen LogP contribution in [-0.4, -0.2) is 48.7 Å². The van der Waals surface area contributed by atoms with Crippen LogP contribution in [0.1, 0.15) is 19.3 Å². The number of rotatable bonds is 4. The van der Waals surface area contributed by atoms with Gasteiger partial charge in [-0.1, -0.05) is 0 Å². The first-order chi connectivity index (χ1) is 8.13. The molecular formula is C12H19NO4. The van der Waals surface area contributed by atoms with Crippen molar-refractivity contribution in [3.63, 3.8) is 0 Å². The number of carboxylic acid groups (broad SMARTS) is 1. The number of likely N-dealkylation sites (tertiary alicyclic amines) is 1. The van der Waals surface area contributed by atoms with Gasteiger partial charge in [-0.15, -0.1) is 0 Å². The van der Waals surface area contributed by atoms with E-state index in [-0.39, 0.29) is 11.8 Å². The Labute approximate surface area is 101 Å². The Bertz CT molecular complexity index is 318. The number of methoxy groups -OCH3 is 1. The molecule has 3 unspecified atom stereocenters. The molecule has 0 radical (unpaired) electrons. The van der Waals surface area contributed by atoms with E-state index < -0.39 is 11.9 Å². The van der Waals surface area contributed by atoms with Gasteiger partial charge in [0.25, 0.3) is 0 Å². The quantitative estimate of drug-likeness (QED) is 0.782. The zero-order valence-corrected chi connectivity index (χ0v) is 10.1. The van der Waals surface area contributed by atoms with Crippen molar-refractivity contribution >= 4 is 11.9 Å². The van der Waals surface area contributed by atoms with Crippen LogP contribution >= 0.6 is 0 Å². The molecule has 2 rings (SSSR count). The maximum Gasteiger partial charge on any atom is 0.307 e. The Morgan fingerprint density at radius 1 is 1.29 bits per heavy atom. The molecule has 17 heavy (non-hydrogen) atoms. The number of ether oxygens (including phenoxy) is 1. The van der Waals surface area contributed by atoms with Gasteiger partial charge in [0.2, 0.25) is 5.91 Å². The molecule has 1 saturated carbocycles. The van der Waals surface area contributed by atoms with E-state index in [0.29, 0.717) is 18.9 Å². The number of nitrogens with zero attached hydrogens (tertiary/aromatic N) is 1. The molecule has 3 atom stereocenters. The second-order valence-corrected chi connectivity index (χ2v) is 5.02. The van der Waals surface area contributed by atoms with Gasteiger partial charge >= 0.3 is 5.97 Å². The van der Waals surface area contributed by atoms with Gasteiger partial charge in [0.05, 0.1) is 18.4 Å². The molecule has 1 N–H and O–H groups in total. The molecule has 0 spiro atoms. The number of carbonyl (C=O) groups is 2. The summed E-state index contributed by atoms with van der Waals surface area (Å²) in [7, 11) is 1.66. The zero-order chi connectivity index (χ0) is 12.4. The first-order valence-corrected chi connectivity index (χ1v) is 6.14. The Kier molecular flexibility index (Phi) is 3.66. The maximum atomic E-state index is 12.1. The molecule has 5 heteroatoms. The zero-order valence-electron chi connectivity index (χ0n) is 10.1. The molecule has 2 fully saturated rings. The number of hydrogen-bond acceptors (Lipinski definition) is 3. The topological polar surface area (TPSA) is 66.8 Å². The number of carboxylic acids is 1. The third-order valence-electron chi connectivity index (χ3n) is 3.91. The Morgan fingerprint density at radius 2 is 2.00 bits per heavy atom. The summed E-state index contributed by atoms with van der Waals surface area (Å²) in [5.41, 5.74) is 0. The van der Waals surface area contributed by atoms with E-state index in [1.165, 1.54) is 0 Å². The van der Waals surface area contributed by atoms with Crippen molar-refractivity contribution in [3.8, 4) is 0 Å². The highest BCUT2D eigenvalue weighted by Crippen LogP contribution is 2.36. The molecule has 0 aromatic heterocycles. The average Bonchev–Trinajstić information content (AvgIpc) is 2.64. The molecule has 2 aliphatic rings. The smallest absolute Gasteiger partial charge is 0.307 e. The molecule has 1 heterocycles. The van der Waals surface area contributed by atoms with Gasteiger partial charge in [0.15, 0.2) is 0 Å². The van der Waals surface area contributed by atoms with E-state index in [9.17, 15) is 9.59 Å². The summed E-state index contributed by atoms with van der Waals surface area (Å²) < 4.78 is 5.08. The summed E-state index contributed by atoms with van der Waals surface area (Å²) in [6.07, 6.45) is 2.33. The molecule has 0 aromatic rings. The van der Waals surface area contributed by atoms with Crippen LogP contribution in [0.3, 0.4) is 0 Å². The van der Waals surface area contributed by atoms with Gasteiger partial charge in [-0.3, -0.25) is 9.59 Å². The summed E-state index contributed by atoms with van der Waals surface area (Å²) in [6.45, 7) is 2.14. The van der Waals surface area contributed by atoms with Crippen LogP contribution in [0.2, 0.25) is 0 Å². The minimum Gasteiger partial charge on any atom is -0.481 e. The lowest BCUT2D eigenvalue weighted by molar-refractivity contribution is -0.156. The van der Waals surface area contributed by atoms with Crippen LogP contribution in [0.5, 0.6) is 0 Å².